The first-order chi connectivity index (χ1) is 11.2. The van der Waals surface area contributed by atoms with Gasteiger partial charge in [0.1, 0.15) is 6.04 Å². The van der Waals surface area contributed by atoms with Crippen LogP contribution >= 0.6 is 11.6 Å². The normalized spacial score (nSPS) is 12.8. The number of carbonyl (C=O) groups is 1. The molecule has 10 heteroatoms. The van der Waals surface area contributed by atoms with Crippen molar-refractivity contribution < 1.29 is 17.7 Å². The Bertz CT molecular complexity index is 804. The number of carbonyl (C=O) groups excluding carboxylic acids is 1. The Morgan fingerprint density at radius 1 is 1.33 bits per heavy atom. The van der Waals surface area contributed by atoms with Crippen LogP contribution in [0.4, 0.5) is 0 Å². The predicted molar refractivity (Wildman–Crippen MR) is 88.8 cm³/mol. The lowest BCUT2D eigenvalue weighted by atomic mass is 10.2. The van der Waals surface area contributed by atoms with Gasteiger partial charge in [0.2, 0.25) is 27.6 Å². The van der Waals surface area contributed by atoms with Gasteiger partial charge in [-0.3, -0.25) is 4.79 Å². The monoisotopic (exact) mass is 372 g/mol. The molecule has 2 aromatic rings. The Morgan fingerprint density at radius 2 is 2.00 bits per heavy atom. The largest absolute Gasteiger partial charge is 0.345 e. The maximum absolute atomic E-state index is 11.8. The van der Waals surface area contributed by atoms with E-state index in [4.69, 9.17) is 16.1 Å². The lowest BCUT2D eigenvalue weighted by molar-refractivity contribution is -0.121. The molecule has 1 heterocycles. The Hall–Kier alpha value is -1.97. The van der Waals surface area contributed by atoms with Gasteiger partial charge in [-0.1, -0.05) is 16.8 Å². The molecule has 1 atom stereocenters. The van der Waals surface area contributed by atoms with Crippen LogP contribution in [0.15, 0.2) is 28.8 Å². The molecule has 0 bridgehead atoms. The molecule has 24 heavy (non-hydrogen) atoms. The zero-order valence-corrected chi connectivity index (χ0v) is 14.7. The van der Waals surface area contributed by atoms with Gasteiger partial charge in [0.15, 0.2) is 0 Å². The minimum Gasteiger partial charge on any atom is -0.345 e. The molecule has 0 spiro atoms. The number of hydrogen-bond donors (Lipinski definition) is 2. The van der Waals surface area contributed by atoms with Crippen LogP contribution in [0.3, 0.4) is 0 Å². The number of nitrogens with zero attached hydrogens (tertiary/aromatic N) is 2. The highest BCUT2D eigenvalue weighted by molar-refractivity contribution is 7.88. The van der Waals surface area contributed by atoms with Crippen LogP contribution in [0.1, 0.15) is 25.3 Å². The van der Waals surface area contributed by atoms with Crippen molar-refractivity contribution >= 4 is 27.5 Å². The average molecular weight is 373 g/mol. The Kier molecular flexibility index (Phi) is 5.92. The Morgan fingerprint density at radius 3 is 2.62 bits per heavy atom. The predicted octanol–water partition coefficient (Wildman–Crippen LogP) is 1.51. The molecule has 2 rings (SSSR count). The van der Waals surface area contributed by atoms with Crippen molar-refractivity contribution in [3.8, 4) is 11.4 Å². The molecule has 1 amide bonds. The summed E-state index contributed by atoms with van der Waals surface area (Å²) in [6.07, 6.45) is 1.04. The topological polar surface area (TPSA) is 114 Å². The molecule has 8 nitrogen and oxygen atoms in total. The van der Waals surface area contributed by atoms with E-state index >= 15 is 0 Å². The molecule has 1 aromatic carbocycles. The fourth-order valence-electron chi connectivity index (χ4n) is 1.85. The quantitative estimate of drug-likeness (QED) is 0.761. The van der Waals surface area contributed by atoms with Crippen molar-refractivity contribution in [3.63, 3.8) is 0 Å². The number of nitrogens with one attached hydrogen (secondary N) is 2. The van der Waals surface area contributed by atoms with Crippen LogP contribution in [0.5, 0.6) is 0 Å². The van der Waals surface area contributed by atoms with Crippen molar-refractivity contribution in [3.05, 3.63) is 35.2 Å². The van der Waals surface area contributed by atoms with Gasteiger partial charge in [0, 0.05) is 23.6 Å². The molecule has 130 valence electrons. The summed E-state index contributed by atoms with van der Waals surface area (Å²) in [6, 6.07) is 6.46. The summed E-state index contributed by atoms with van der Waals surface area (Å²) >= 11 is 5.83. The molecule has 1 aromatic heterocycles. The number of aromatic nitrogens is 2. The number of hydrogen-bond acceptors (Lipinski definition) is 6. The second kappa shape index (κ2) is 7.73. The van der Waals surface area contributed by atoms with Crippen LogP contribution < -0.4 is 10.0 Å². The standard InChI is InChI=1S/C14H17ClN4O4S/c1-9(17-12(20)7-8-16-24(2,21)22)14-18-13(19-23-14)10-3-5-11(15)6-4-10/h3-6,9,16H,7-8H2,1-2H3,(H,17,20)/t9-/m1/s1. The fourth-order valence-corrected chi connectivity index (χ4v) is 2.45. The maximum atomic E-state index is 11.8. The molecule has 0 aliphatic heterocycles. The molecule has 0 aliphatic rings. The summed E-state index contributed by atoms with van der Waals surface area (Å²) in [5.74, 6) is 0.316. The lowest BCUT2D eigenvalue weighted by Gasteiger charge is -2.09. The first-order valence-electron chi connectivity index (χ1n) is 7.08. The highest BCUT2D eigenvalue weighted by Crippen LogP contribution is 2.20. The van der Waals surface area contributed by atoms with E-state index in [9.17, 15) is 13.2 Å². The minimum absolute atomic E-state index is 0.00951. The van der Waals surface area contributed by atoms with E-state index in [0.29, 0.717) is 10.8 Å². The second-order valence-electron chi connectivity index (χ2n) is 5.17. The lowest BCUT2D eigenvalue weighted by Crippen LogP contribution is -2.31. The number of rotatable bonds is 7. The summed E-state index contributed by atoms with van der Waals surface area (Å²) in [5, 5.41) is 7.13. The van der Waals surface area contributed by atoms with Gasteiger partial charge in [-0.05, 0) is 31.2 Å². The van der Waals surface area contributed by atoms with Gasteiger partial charge in [-0.2, -0.15) is 4.98 Å². The zero-order valence-electron chi connectivity index (χ0n) is 13.1. The SMILES string of the molecule is C[C@@H](NC(=O)CCNS(C)(=O)=O)c1nc(-c2ccc(Cl)cc2)no1. The van der Waals surface area contributed by atoms with Gasteiger partial charge in [-0.15, -0.1) is 0 Å². The van der Waals surface area contributed by atoms with Gasteiger partial charge in [-0.25, -0.2) is 13.1 Å². The number of benzene rings is 1. The molecule has 0 fully saturated rings. The first kappa shape index (κ1) is 18.4. The van der Waals surface area contributed by atoms with Crippen molar-refractivity contribution in [2.45, 2.75) is 19.4 Å². The number of amides is 1. The highest BCUT2D eigenvalue weighted by atomic mass is 35.5. The van der Waals surface area contributed by atoms with E-state index in [0.717, 1.165) is 11.8 Å². The molecule has 0 aliphatic carbocycles. The smallest absolute Gasteiger partial charge is 0.249 e. The molecule has 0 saturated heterocycles. The number of halogens is 1. The average Bonchev–Trinajstić information content (AvgIpc) is 2.96. The van der Waals surface area contributed by atoms with Gasteiger partial charge < -0.3 is 9.84 Å². The maximum Gasteiger partial charge on any atom is 0.249 e. The Balaban J connectivity index is 1.92. The van der Waals surface area contributed by atoms with E-state index in [1.165, 1.54) is 0 Å². The van der Waals surface area contributed by atoms with Gasteiger partial charge in [0.25, 0.3) is 0 Å². The third-order valence-corrected chi connectivity index (χ3v) is 3.99. The van der Waals surface area contributed by atoms with Crippen molar-refractivity contribution in [2.75, 3.05) is 12.8 Å². The summed E-state index contributed by atoms with van der Waals surface area (Å²) in [4.78, 5) is 16.0. The van der Waals surface area contributed by atoms with E-state index in [1.807, 2.05) is 0 Å². The van der Waals surface area contributed by atoms with Crippen LogP contribution in [0.2, 0.25) is 5.02 Å². The third kappa shape index (κ3) is 5.59. The van der Waals surface area contributed by atoms with Crippen LogP contribution in [0.25, 0.3) is 11.4 Å². The van der Waals surface area contributed by atoms with Gasteiger partial charge in [0.05, 0.1) is 6.26 Å². The zero-order chi connectivity index (χ0) is 17.7. The molecular weight excluding hydrogens is 356 g/mol. The van der Waals surface area contributed by atoms with Crippen molar-refractivity contribution in [1.29, 1.82) is 0 Å². The van der Waals surface area contributed by atoms with E-state index in [1.54, 1.807) is 31.2 Å². The van der Waals surface area contributed by atoms with Crippen LogP contribution in [-0.4, -0.2) is 37.3 Å². The van der Waals surface area contributed by atoms with Crippen molar-refractivity contribution in [2.24, 2.45) is 0 Å². The molecule has 0 saturated carbocycles. The minimum atomic E-state index is -3.31. The van der Waals surface area contributed by atoms with Crippen LogP contribution in [-0.2, 0) is 14.8 Å². The van der Waals surface area contributed by atoms with Crippen molar-refractivity contribution in [1.82, 2.24) is 20.2 Å². The molecule has 2 N–H and O–H groups in total. The number of sulfonamides is 1. The van der Waals surface area contributed by atoms with Crippen LogP contribution in [0, 0.1) is 0 Å². The van der Waals surface area contributed by atoms with Gasteiger partial charge >= 0.3 is 0 Å². The van der Waals surface area contributed by atoms with E-state index in [-0.39, 0.29) is 24.8 Å². The van der Waals surface area contributed by atoms with E-state index < -0.39 is 16.1 Å². The third-order valence-electron chi connectivity index (χ3n) is 3.01. The summed E-state index contributed by atoms with van der Waals surface area (Å²) < 4.78 is 29.3. The highest BCUT2D eigenvalue weighted by Gasteiger charge is 2.17. The fraction of sp³-hybridized carbons (Fsp3) is 0.357. The summed E-state index contributed by atoms with van der Waals surface area (Å²) in [7, 11) is -3.31. The summed E-state index contributed by atoms with van der Waals surface area (Å²) in [5.41, 5.74) is 0.741. The Labute approximate surface area is 144 Å². The molecule has 0 unspecified atom stereocenters. The van der Waals surface area contributed by atoms with E-state index in [2.05, 4.69) is 20.2 Å². The molecule has 0 radical (unpaired) electrons. The molecular formula is C14H17ClN4O4S. The summed E-state index contributed by atoms with van der Waals surface area (Å²) in [6.45, 7) is 1.72. The second-order valence-corrected chi connectivity index (χ2v) is 7.44. The first-order valence-corrected chi connectivity index (χ1v) is 9.35.